The van der Waals surface area contributed by atoms with E-state index in [9.17, 15) is 4.79 Å². The fourth-order valence-corrected chi connectivity index (χ4v) is 2.01. The SMILES string of the molecule is Cc1ccc(CN2CC[C@](N)(C(=O)O)C2)o1. The minimum Gasteiger partial charge on any atom is -0.480 e. The van der Waals surface area contributed by atoms with Gasteiger partial charge in [-0.25, -0.2) is 0 Å². The maximum atomic E-state index is 11.0. The van der Waals surface area contributed by atoms with Gasteiger partial charge in [-0.15, -0.1) is 0 Å². The molecule has 2 heterocycles. The molecule has 88 valence electrons. The third-order valence-electron chi connectivity index (χ3n) is 2.98. The number of nitrogens with zero attached hydrogens (tertiary/aromatic N) is 1. The summed E-state index contributed by atoms with van der Waals surface area (Å²) in [7, 11) is 0. The van der Waals surface area contributed by atoms with Gasteiger partial charge in [0.15, 0.2) is 0 Å². The summed E-state index contributed by atoms with van der Waals surface area (Å²) in [4.78, 5) is 13.0. The highest BCUT2D eigenvalue weighted by atomic mass is 16.4. The second-order valence-corrected chi connectivity index (χ2v) is 4.43. The van der Waals surface area contributed by atoms with E-state index >= 15 is 0 Å². The second kappa shape index (κ2) is 3.92. The van der Waals surface area contributed by atoms with E-state index in [1.54, 1.807) is 0 Å². The summed E-state index contributed by atoms with van der Waals surface area (Å²) in [5.74, 6) is 0.796. The van der Waals surface area contributed by atoms with Crippen molar-refractivity contribution in [1.82, 2.24) is 4.90 Å². The molecule has 0 unspecified atom stereocenters. The third-order valence-corrected chi connectivity index (χ3v) is 2.98. The van der Waals surface area contributed by atoms with Crippen LogP contribution in [0.25, 0.3) is 0 Å². The first-order chi connectivity index (χ1) is 7.49. The Balaban J connectivity index is 1.97. The van der Waals surface area contributed by atoms with Crippen LogP contribution in [0.5, 0.6) is 0 Å². The van der Waals surface area contributed by atoms with E-state index in [0.717, 1.165) is 11.5 Å². The Bertz CT molecular complexity index is 402. The molecule has 5 nitrogen and oxygen atoms in total. The Morgan fingerprint density at radius 2 is 2.44 bits per heavy atom. The van der Waals surface area contributed by atoms with Crippen molar-refractivity contribution in [2.24, 2.45) is 5.73 Å². The van der Waals surface area contributed by atoms with E-state index in [0.29, 0.717) is 26.1 Å². The first kappa shape index (κ1) is 11.2. The first-order valence-electron chi connectivity index (χ1n) is 5.29. The second-order valence-electron chi connectivity index (χ2n) is 4.43. The van der Waals surface area contributed by atoms with Gasteiger partial charge in [-0.05, 0) is 25.5 Å². The predicted octanol–water partition coefficient (Wildman–Crippen LogP) is 0.576. The largest absolute Gasteiger partial charge is 0.480 e. The van der Waals surface area contributed by atoms with Crippen molar-refractivity contribution < 1.29 is 14.3 Å². The number of furan rings is 1. The molecule has 1 saturated heterocycles. The lowest BCUT2D eigenvalue weighted by molar-refractivity contribution is -0.142. The average Bonchev–Trinajstić information content (AvgIpc) is 2.75. The lowest BCUT2D eigenvalue weighted by Crippen LogP contribution is -2.49. The van der Waals surface area contributed by atoms with Crippen molar-refractivity contribution in [1.29, 1.82) is 0 Å². The van der Waals surface area contributed by atoms with E-state index in [4.69, 9.17) is 15.3 Å². The summed E-state index contributed by atoms with van der Waals surface area (Å²) >= 11 is 0. The van der Waals surface area contributed by atoms with E-state index in [-0.39, 0.29) is 0 Å². The topological polar surface area (TPSA) is 79.7 Å². The Labute approximate surface area is 93.8 Å². The predicted molar refractivity (Wildman–Crippen MR) is 57.9 cm³/mol. The maximum absolute atomic E-state index is 11.0. The average molecular weight is 224 g/mol. The van der Waals surface area contributed by atoms with Crippen LogP contribution in [0.1, 0.15) is 17.9 Å². The molecular formula is C11H16N2O3. The number of rotatable bonds is 3. The Hall–Kier alpha value is -1.33. The van der Waals surface area contributed by atoms with Gasteiger partial charge in [-0.1, -0.05) is 0 Å². The Morgan fingerprint density at radius 1 is 1.69 bits per heavy atom. The Kier molecular flexibility index (Phi) is 2.73. The van der Waals surface area contributed by atoms with E-state index in [2.05, 4.69) is 0 Å². The molecule has 1 atom stereocenters. The smallest absolute Gasteiger partial charge is 0.325 e. The normalized spacial score (nSPS) is 26.1. The van der Waals surface area contributed by atoms with Crippen molar-refractivity contribution in [2.45, 2.75) is 25.4 Å². The highest BCUT2D eigenvalue weighted by Crippen LogP contribution is 2.21. The van der Waals surface area contributed by atoms with Gasteiger partial charge >= 0.3 is 5.97 Å². The summed E-state index contributed by atoms with van der Waals surface area (Å²) in [6, 6.07) is 3.81. The van der Waals surface area contributed by atoms with Crippen molar-refractivity contribution in [3.05, 3.63) is 23.7 Å². The molecule has 0 saturated carbocycles. The lowest BCUT2D eigenvalue weighted by Gasteiger charge is -2.19. The molecule has 0 aromatic carbocycles. The van der Waals surface area contributed by atoms with Crippen LogP contribution in [0.15, 0.2) is 16.5 Å². The number of aliphatic carboxylic acids is 1. The van der Waals surface area contributed by atoms with Crippen LogP contribution in [-0.2, 0) is 11.3 Å². The van der Waals surface area contributed by atoms with Crippen molar-refractivity contribution in [2.75, 3.05) is 13.1 Å². The minimum absolute atomic E-state index is 0.377. The monoisotopic (exact) mass is 224 g/mol. The van der Waals surface area contributed by atoms with Crippen molar-refractivity contribution >= 4 is 5.97 Å². The summed E-state index contributed by atoms with van der Waals surface area (Å²) < 4.78 is 5.44. The molecule has 5 heteroatoms. The number of carboxylic acids is 1. The maximum Gasteiger partial charge on any atom is 0.325 e. The fourth-order valence-electron chi connectivity index (χ4n) is 2.01. The number of nitrogens with two attached hydrogens (primary N) is 1. The highest BCUT2D eigenvalue weighted by Gasteiger charge is 2.41. The summed E-state index contributed by atoms with van der Waals surface area (Å²) in [6.07, 6.45) is 0.488. The number of hydrogen-bond donors (Lipinski definition) is 2. The fraction of sp³-hybridized carbons (Fsp3) is 0.545. The Morgan fingerprint density at radius 3 is 2.94 bits per heavy atom. The minimum atomic E-state index is -1.10. The van der Waals surface area contributed by atoms with Gasteiger partial charge in [0.1, 0.15) is 17.1 Å². The number of likely N-dealkylation sites (tertiary alicyclic amines) is 1. The van der Waals surface area contributed by atoms with E-state index in [1.807, 2.05) is 24.0 Å². The first-order valence-corrected chi connectivity index (χ1v) is 5.29. The van der Waals surface area contributed by atoms with Crippen LogP contribution in [-0.4, -0.2) is 34.6 Å². The molecule has 1 fully saturated rings. The van der Waals surface area contributed by atoms with Crippen LogP contribution in [0, 0.1) is 6.92 Å². The van der Waals surface area contributed by atoms with Crippen LogP contribution in [0.4, 0.5) is 0 Å². The van der Waals surface area contributed by atoms with Crippen LogP contribution < -0.4 is 5.73 Å². The standard InChI is InChI=1S/C11H16N2O3/c1-8-2-3-9(16-8)6-13-5-4-11(12,7-13)10(14)15/h2-3H,4-7,12H2,1H3,(H,14,15)/t11-/m1/s1. The molecule has 0 aliphatic carbocycles. The molecule has 16 heavy (non-hydrogen) atoms. The van der Waals surface area contributed by atoms with Gasteiger partial charge in [-0.2, -0.15) is 0 Å². The number of carbonyl (C=O) groups is 1. The number of hydrogen-bond acceptors (Lipinski definition) is 4. The van der Waals surface area contributed by atoms with Crippen molar-refractivity contribution in [3.8, 4) is 0 Å². The summed E-state index contributed by atoms with van der Waals surface area (Å²) in [6.45, 7) is 3.59. The molecule has 0 amide bonds. The zero-order chi connectivity index (χ0) is 11.8. The number of aryl methyl sites for hydroxylation is 1. The van der Waals surface area contributed by atoms with Crippen LogP contribution in [0.3, 0.4) is 0 Å². The van der Waals surface area contributed by atoms with Crippen molar-refractivity contribution in [3.63, 3.8) is 0 Å². The van der Waals surface area contributed by atoms with Gasteiger partial charge in [0.05, 0.1) is 6.54 Å². The molecule has 1 aromatic heterocycles. The molecule has 0 spiro atoms. The molecular weight excluding hydrogens is 208 g/mol. The van der Waals surface area contributed by atoms with E-state index < -0.39 is 11.5 Å². The van der Waals surface area contributed by atoms with Gasteiger partial charge in [0.2, 0.25) is 0 Å². The molecule has 3 N–H and O–H groups in total. The lowest BCUT2D eigenvalue weighted by atomic mass is 10.0. The van der Waals surface area contributed by atoms with Gasteiger partial charge < -0.3 is 15.3 Å². The number of carboxylic acid groups (broad SMARTS) is 1. The van der Waals surface area contributed by atoms with Gasteiger partial charge in [0, 0.05) is 13.1 Å². The molecule has 1 aromatic rings. The van der Waals surface area contributed by atoms with E-state index in [1.165, 1.54) is 0 Å². The van der Waals surface area contributed by atoms with Crippen LogP contribution in [0.2, 0.25) is 0 Å². The molecule has 1 aliphatic rings. The van der Waals surface area contributed by atoms with Gasteiger partial charge in [0.25, 0.3) is 0 Å². The molecule has 2 rings (SSSR count). The molecule has 0 radical (unpaired) electrons. The zero-order valence-electron chi connectivity index (χ0n) is 9.27. The zero-order valence-corrected chi connectivity index (χ0v) is 9.27. The molecule has 0 bridgehead atoms. The van der Waals surface area contributed by atoms with Crippen LogP contribution >= 0.6 is 0 Å². The highest BCUT2D eigenvalue weighted by molar-refractivity contribution is 5.79. The quantitative estimate of drug-likeness (QED) is 0.785. The third kappa shape index (κ3) is 2.10. The molecule has 1 aliphatic heterocycles. The summed E-state index contributed by atoms with van der Waals surface area (Å²) in [5.41, 5.74) is 4.68. The van der Waals surface area contributed by atoms with Gasteiger partial charge in [-0.3, -0.25) is 9.69 Å². The summed E-state index contributed by atoms with van der Waals surface area (Å²) in [5, 5.41) is 8.99.